The van der Waals surface area contributed by atoms with Crippen molar-refractivity contribution in [1.29, 1.82) is 0 Å². The van der Waals surface area contributed by atoms with Crippen molar-refractivity contribution in [3.05, 3.63) is 72.3 Å². The fraction of sp³-hybridized carbons (Fsp3) is 0.292. The third-order valence-electron chi connectivity index (χ3n) is 5.23. The molecule has 3 aromatic heterocycles. The second kappa shape index (κ2) is 9.57. The van der Waals surface area contributed by atoms with Crippen LogP contribution in [0.1, 0.15) is 35.9 Å². The van der Waals surface area contributed by atoms with Crippen LogP contribution in [0, 0.1) is 0 Å². The van der Waals surface area contributed by atoms with Gasteiger partial charge in [0, 0.05) is 18.7 Å². The molecule has 7 nitrogen and oxygen atoms in total. The number of fused-ring (bicyclic) bond motifs is 1. The van der Waals surface area contributed by atoms with Crippen molar-refractivity contribution in [3.63, 3.8) is 0 Å². The molecule has 0 fully saturated rings. The van der Waals surface area contributed by atoms with Gasteiger partial charge in [0.25, 0.3) is 5.91 Å². The van der Waals surface area contributed by atoms with E-state index in [0.29, 0.717) is 41.9 Å². The zero-order chi connectivity index (χ0) is 21.6. The fourth-order valence-electron chi connectivity index (χ4n) is 3.60. The zero-order valence-electron chi connectivity index (χ0n) is 17.6. The molecule has 0 spiro atoms. The van der Waals surface area contributed by atoms with E-state index in [1.165, 1.54) is 0 Å². The van der Waals surface area contributed by atoms with Crippen LogP contribution in [0.2, 0.25) is 0 Å². The molecule has 0 aliphatic heterocycles. The number of carbonyl (C=O) groups excluding carboxylic acids is 1. The van der Waals surface area contributed by atoms with E-state index in [-0.39, 0.29) is 12.5 Å². The molecule has 0 unspecified atom stereocenters. The van der Waals surface area contributed by atoms with Crippen LogP contribution >= 0.6 is 0 Å². The summed E-state index contributed by atoms with van der Waals surface area (Å²) >= 11 is 0. The number of amides is 1. The summed E-state index contributed by atoms with van der Waals surface area (Å²) in [6, 6.07) is 15.3. The van der Waals surface area contributed by atoms with E-state index < -0.39 is 0 Å². The first-order valence-corrected chi connectivity index (χ1v) is 10.6. The van der Waals surface area contributed by atoms with Crippen LogP contribution in [-0.2, 0) is 6.54 Å². The number of aromatic nitrogens is 3. The predicted octanol–water partition coefficient (Wildman–Crippen LogP) is 3.97. The monoisotopic (exact) mass is 418 g/mol. The van der Waals surface area contributed by atoms with Gasteiger partial charge < -0.3 is 14.4 Å². The molecule has 7 heteroatoms. The highest BCUT2D eigenvalue weighted by Gasteiger charge is 2.22. The smallest absolute Gasteiger partial charge is 0.254 e. The summed E-state index contributed by atoms with van der Waals surface area (Å²) < 4.78 is 7.22. The first-order valence-electron chi connectivity index (χ1n) is 10.6. The third kappa shape index (κ3) is 4.51. The summed E-state index contributed by atoms with van der Waals surface area (Å²) in [7, 11) is 0. The molecule has 3 heterocycles. The summed E-state index contributed by atoms with van der Waals surface area (Å²) in [4.78, 5) is 20.0. The second-order valence-electron chi connectivity index (χ2n) is 7.41. The van der Waals surface area contributed by atoms with Crippen LogP contribution in [0.15, 0.2) is 65.4 Å². The summed E-state index contributed by atoms with van der Waals surface area (Å²) in [5.41, 5.74) is 2.79. The lowest BCUT2D eigenvalue weighted by Crippen LogP contribution is -2.34. The molecule has 0 saturated heterocycles. The maximum absolute atomic E-state index is 13.5. The van der Waals surface area contributed by atoms with E-state index in [2.05, 4.69) is 12.0 Å². The molecular weight excluding hydrogens is 392 g/mol. The van der Waals surface area contributed by atoms with E-state index >= 15 is 0 Å². The highest BCUT2D eigenvalue weighted by Crippen LogP contribution is 2.26. The largest absolute Gasteiger partial charge is 0.467 e. The maximum Gasteiger partial charge on any atom is 0.254 e. The lowest BCUT2D eigenvalue weighted by molar-refractivity contribution is 0.0721. The highest BCUT2D eigenvalue weighted by molar-refractivity contribution is 6.06. The second-order valence-corrected chi connectivity index (χ2v) is 7.41. The van der Waals surface area contributed by atoms with Crippen molar-refractivity contribution >= 4 is 16.9 Å². The number of unbranched alkanes of at least 4 members (excludes halogenated alkanes) is 1. The molecule has 0 radical (unpaired) electrons. The van der Waals surface area contributed by atoms with Crippen LogP contribution < -0.4 is 0 Å². The van der Waals surface area contributed by atoms with Crippen molar-refractivity contribution in [1.82, 2.24) is 19.7 Å². The van der Waals surface area contributed by atoms with Crippen molar-refractivity contribution in [2.45, 2.75) is 26.3 Å². The van der Waals surface area contributed by atoms with Gasteiger partial charge >= 0.3 is 0 Å². The highest BCUT2D eigenvalue weighted by atomic mass is 16.3. The predicted molar refractivity (Wildman–Crippen MR) is 119 cm³/mol. The van der Waals surface area contributed by atoms with E-state index in [4.69, 9.17) is 9.40 Å². The Balaban J connectivity index is 1.82. The van der Waals surface area contributed by atoms with E-state index in [9.17, 15) is 9.90 Å². The molecule has 1 amide bonds. The number of hydrogen-bond acceptors (Lipinski definition) is 5. The van der Waals surface area contributed by atoms with Crippen molar-refractivity contribution in [2.75, 3.05) is 19.7 Å². The minimum Gasteiger partial charge on any atom is -0.467 e. The molecular formula is C24H26N4O3. The fourth-order valence-corrected chi connectivity index (χ4v) is 3.60. The van der Waals surface area contributed by atoms with Crippen molar-refractivity contribution in [2.24, 2.45) is 0 Å². The summed E-state index contributed by atoms with van der Waals surface area (Å²) in [6.45, 7) is 3.32. The molecule has 31 heavy (non-hydrogen) atoms. The summed E-state index contributed by atoms with van der Waals surface area (Å²) in [5, 5.41) is 14.7. The van der Waals surface area contributed by atoms with Gasteiger partial charge in [0.15, 0.2) is 5.65 Å². The van der Waals surface area contributed by atoms with E-state index in [1.54, 1.807) is 22.0 Å². The maximum atomic E-state index is 13.5. The van der Waals surface area contributed by atoms with E-state index in [1.807, 2.05) is 48.5 Å². The van der Waals surface area contributed by atoms with Gasteiger partial charge in [0.2, 0.25) is 0 Å². The Bertz CT molecular complexity index is 1140. The number of aliphatic hydroxyl groups is 1. The number of furan rings is 1. The topological polar surface area (TPSA) is 84.4 Å². The number of benzene rings is 1. The SMILES string of the molecule is CCCCN(CCO)C(=O)c1cc(-c2ccccc2)nc2c1cnn2Cc1ccco1. The van der Waals surface area contributed by atoms with Crippen LogP contribution in [0.5, 0.6) is 0 Å². The Morgan fingerprint density at radius 3 is 2.71 bits per heavy atom. The van der Waals surface area contributed by atoms with Gasteiger partial charge in [0.05, 0.1) is 35.7 Å². The minimum atomic E-state index is -0.121. The van der Waals surface area contributed by atoms with Crippen molar-refractivity contribution in [3.8, 4) is 11.3 Å². The number of carbonyl (C=O) groups is 1. The number of hydrogen-bond donors (Lipinski definition) is 1. The van der Waals surface area contributed by atoms with Gasteiger partial charge in [-0.2, -0.15) is 5.10 Å². The Morgan fingerprint density at radius 2 is 2.00 bits per heavy atom. The number of rotatable bonds is 9. The number of aliphatic hydroxyl groups excluding tert-OH is 1. The Labute approximate surface area is 180 Å². The van der Waals surface area contributed by atoms with Gasteiger partial charge in [-0.3, -0.25) is 4.79 Å². The molecule has 4 aromatic rings. The lowest BCUT2D eigenvalue weighted by atomic mass is 10.1. The van der Waals surface area contributed by atoms with Gasteiger partial charge in [-0.25, -0.2) is 9.67 Å². The van der Waals surface area contributed by atoms with Crippen LogP contribution in [0.3, 0.4) is 0 Å². The number of pyridine rings is 1. The Hall–Kier alpha value is -3.45. The van der Waals surface area contributed by atoms with Gasteiger partial charge in [0.1, 0.15) is 12.3 Å². The van der Waals surface area contributed by atoms with Crippen LogP contribution in [0.4, 0.5) is 0 Å². The van der Waals surface area contributed by atoms with E-state index in [0.717, 1.165) is 24.2 Å². The first-order chi connectivity index (χ1) is 15.2. The minimum absolute atomic E-state index is 0.0764. The van der Waals surface area contributed by atoms with Gasteiger partial charge in [-0.1, -0.05) is 43.7 Å². The third-order valence-corrected chi connectivity index (χ3v) is 5.23. The molecule has 1 N–H and O–H groups in total. The standard InChI is InChI=1S/C24H26N4O3/c1-2-3-11-27(12-13-29)24(30)20-15-22(18-8-5-4-6-9-18)26-23-21(20)16-25-28(23)17-19-10-7-14-31-19/h4-10,14-16,29H,2-3,11-13,17H2,1H3. The molecule has 1 aromatic carbocycles. The molecule has 0 aliphatic carbocycles. The normalized spacial score (nSPS) is 11.2. The zero-order valence-corrected chi connectivity index (χ0v) is 17.6. The average molecular weight is 418 g/mol. The quantitative estimate of drug-likeness (QED) is 0.445. The van der Waals surface area contributed by atoms with Crippen LogP contribution in [-0.4, -0.2) is 50.4 Å². The molecule has 0 aliphatic rings. The molecule has 0 atom stereocenters. The molecule has 0 saturated carbocycles. The molecule has 160 valence electrons. The lowest BCUT2D eigenvalue weighted by Gasteiger charge is -2.22. The van der Waals surface area contributed by atoms with Gasteiger partial charge in [-0.05, 0) is 24.6 Å². The Morgan fingerprint density at radius 1 is 1.16 bits per heavy atom. The summed E-state index contributed by atoms with van der Waals surface area (Å²) in [6.07, 6.45) is 5.16. The van der Waals surface area contributed by atoms with Crippen molar-refractivity contribution < 1.29 is 14.3 Å². The number of nitrogens with zero attached hydrogens (tertiary/aromatic N) is 4. The molecule has 0 bridgehead atoms. The molecule has 4 rings (SSSR count). The average Bonchev–Trinajstić information content (AvgIpc) is 3.47. The summed E-state index contributed by atoms with van der Waals surface area (Å²) in [5.74, 6) is 0.638. The Kier molecular flexibility index (Phi) is 6.43. The first kappa shape index (κ1) is 20.8. The van der Waals surface area contributed by atoms with Gasteiger partial charge in [-0.15, -0.1) is 0 Å². The van der Waals surface area contributed by atoms with Crippen LogP contribution in [0.25, 0.3) is 22.3 Å².